The molecule has 0 unspecified atom stereocenters. The fourth-order valence-electron chi connectivity index (χ4n) is 2.08. The lowest BCUT2D eigenvalue weighted by Crippen LogP contribution is -2.04. The van der Waals surface area contributed by atoms with Crippen LogP contribution in [0.5, 0.6) is 0 Å². The highest BCUT2D eigenvalue weighted by Crippen LogP contribution is 2.36. The molecule has 0 saturated heterocycles. The first-order chi connectivity index (χ1) is 11.4. The summed E-state index contributed by atoms with van der Waals surface area (Å²) in [5.74, 6) is -2.00. The van der Waals surface area contributed by atoms with Gasteiger partial charge in [-0.3, -0.25) is 0 Å². The van der Waals surface area contributed by atoms with E-state index in [1.165, 1.54) is 13.2 Å². The van der Waals surface area contributed by atoms with Crippen molar-refractivity contribution in [1.82, 2.24) is 15.0 Å². The van der Waals surface area contributed by atoms with Gasteiger partial charge in [0.1, 0.15) is 17.6 Å². The summed E-state index contributed by atoms with van der Waals surface area (Å²) in [5.41, 5.74) is 0.407. The first-order valence-corrected chi connectivity index (χ1v) is 8.13. The normalized spacial score (nSPS) is 11.9. The maximum atomic E-state index is 13.4. The highest BCUT2D eigenvalue weighted by Gasteiger charge is 2.26. The second-order valence-electron chi connectivity index (χ2n) is 5.10. The van der Waals surface area contributed by atoms with E-state index in [2.05, 4.69) is 20.3 Å². The van der Waals surface area contributed by atoms with Crippen LogP contribution in [0.1, 0.15) is 17.6 Å². The number of aromatic nitrogens is 3. The van der Waals surface area contributed by atoms with Gasteiger partial charge in [-0.1, -0.05) is 11.6 Å². The zero-order valence-electron chi connectivity index (χ0n) is 12.8. The molecule has 3 aromatic rings. The van der Waals surface area contributed by atoms with Crippen LogP contribution in [0, 0.1) is 0 Å². The topological polar surface area (TPSA) is 59.9 Å². The third kappa shape index (κ3) is 3.61. The van der Waals surface area contributed by atoms with Crippen molar-refractivity contribution in [3.63, 3.8) is 0 Å². The van der Waals surface area contributed by atoms with Crippen molar-refractivity contribution in [2.45, 2.75) is 19.5 Å². The lowest BCUT2D eigenvalue weighted by atomic mass is 10.3. The predicted octanol–water partition coefficient (Wildman–Crippen LogP) is 4.74. The number of hydrogen-bond donors (Lipinski definition) is 1. The second kappa shape index (κ2) is 6.54. The van der Waals surface area contributed by atoms with Crippen molar-refractivity contribution in [2.75, 3.05) is 12.4 Å². The maximum Gasteiger partial charge on any atom is 0.279 e. The number of nitrogens with zero attached hydrogens (tertiary/aromatic N) is 3. The van der Waals surface area contributed by atoms with Crippen molar-refractivity contribution in [1.29, 1.82) is 0 Å². The number of rotatable bonds is 5. The van der Waals surface area contributed by atoms with E-state index < -0.39 is 5.92 Å². The van der Waals surface area contributed by atoms with Crippen LogP contribution in [0.2, 0.25) is 5.15 Å². The van der Waals surface area contributed by atoms with Crippen LogP contribution in [-0.2, 0) is 17.3 Å². The molecule has 0 bridgehead atoms. The Kier molecular flexibility index (Phi) is 4.62. The minimum Gasteiger partial charge on any atom is -0.377 e. The number of halogens is 3. The Morgan fingerprint density at radius 2 is 2.00 bits per heavy atom. The van der Waals surface area contributed by atoms with Crippen molar-refractivity contribution < 1.29 is 13.5 Å². The molecule has 0 saturated carbocycles. The van der Waals surface area contributed by atoms with E-state index >= 15 is 0 Å². The molecule has 0 aliphatic carbocycles. The molecule has 0 fully saturated rings. The Balaban J connectivity index is 2.02. The first kappa shape index (κ1) is 16.9. The van der Waals surface area contributed by atoms with Gasteiger partial charge in [-0.15, -0.1) is 11.3 Å². The number of fused-ring (bicyclic) bond motifs is 1. The molecule has 0 amide bonds. The van der Waals surface area contributed by atoms with Crippen LogP contribution in [0.15, 0.2) is 24.3 Å². The van der Waals surface area contributed by atoms with E-state index in [9.17, 15) is 8.78 Å². The second-order valence-corrected chi connectivity index (χ2v) is 6.57. The molecule has 24 heavy (non-hydrogen) atoms. The molecule has 0 spiro atoms. The lowest BCUT2D eigenvalue weighted by Gasteiger charge is -2.09. The molecule has 126 valence electrons. The van der Waals surface area contributed by atoms with Gasteiger partial charge in [0, 0.05) is 14.0 Å². The average Bonchev–Trinajstić information content (AvgIpc) is 2.96. The largest absolute Gasteiger partial charge is 0.377 e. The quantitative estimate of drug-likeness (QED) is 0.657. The van der Waals surface area contributed by atoms with Crippen LogP contribution >= 0.6 is 22.9 Å². The molecule has 5 nitrogen and oxygen atoms in total. The summed E-state index contributed by atoms with van der Waals surface area (Å²) in [6.07, 6.45) is 0. The van der Waals surface area contributed by atoms with E-state index in [1.54, 1.807) is 18.2 Å². The maximum absolute atomic E-state index is 13.4. The third-order valence-corrected chi connectivity index (χ3v) is 4.51. The Morgan fingerprint density at radius 1 is 1.21 bits per heavy atom. The molecule has 0 atom stereocenters. The van der Waals surface area contributed by atoms with Crippen molar-refractivity contribution in [3.05, 3.63) is 40.1 Å². The summed E-state index contributed by atoms with van der Waals surface area (Å²) in [4.78, 5) is 12.8. The van der Waals surface area contributed by atoms with Crippen molar-refractivity contribution >= 4 is 44.8 Å². The van der Waals surface area contributed by atoms with Crippen LogP contribution in [-0.4, -0.2) is 22.1 Å². The van der Waals surface area contributed by atoms with Gasteiger partial charge >= 0.3 is 0 Å². The van der Waals surface area contributed by atoms with E-state index in [0.29, 0.717) is 32.8 Å². The summed E-state index contributed by atoms with van der Waals surface area (Å²) in [7, 11) is 1.53. The number of pyridine rings is 1. The van der Waals surface area contributed by atoms with Gasteiger partial charge < -0.3 is 10.1 Å². The summed E-state index contributed by atoms with van der Waals surface area (Å²) < 4.78 is 31.8. The fourth-order valence-corrected chi connectivity index (χ4v) is 3.06. The van der Waals surface area contributed by atoms with Gasteiger partial charge in [-0.05, 0) is 24.3 Å². The summed E-state index contributed by atoms with van der Waals surface area (Å²) in [5, 5.41) is 4.54. The van der Waals surface area contributed by atoms with Gasteiger partial charge in [0.05, 0.1) is 15.3 Å². The van der Waals surface area contributed by atoms with Crippen LogP contribution < -0.4 is 5.32 Å². The number of nitrogens with one attached hydrogen (secondary N) is 1. The zero-order valence-corrected chi connectivity index (χ0v) is 14.4. The van der Waals surface area contributed by atoms with Crippen molar-refractivity contribution in [2.24, 2.45) is 0 Å². The Bertz CT molecular complexity index is 882. The minimum atomic E-state index is -2.88. The molecule has 1 N–H and O–H groups in total. The fraction of sp³-hybridized carbons (Fsp3) is 0.267. The molecule has 0 aliphatic rings. The third-order valence-electron chi connectivity index (χ3n) is 3.13. The number of ether oxygens (including phenoxy) is 1. The highest BCUT2D eigenvalue weighted by atomic mass is 35.5. The smallest absolute Gasteiger partial charge is 0.279 e. The van der Waals surface area contributed by atoms with Crippen LogP contribution in [0.3, 0.4) is 0 Å². The molecule has 9 heteroatoms. The van der Waals surface area contributed by atoms with Gasteiger partial charge in [-0.25, -0.2) is 23.7 Å². The van der Waals surface area contributed by atoms with Gasteiger partial charge in [0.15, 0.2) is 11.5 Å². The van der Waals surface area contributed by atoms with Gasteiger partial charge in [-0.2, -0.15) is 0 Å². The molecular formula is C15H13ClF2N4OS. The summed E-state index contributed by atoms with van der Waals surface area (Å²) in [6, 6.07) is 6.33. The Hall–Kier alpha value is -1.90. The number of methoxy groups -OCH3 is 1. The molecular weight excluding hydrogens is 358 g/mol. The van der Waals surface area contributed by atoms with Crippen LogP contribution in [0.25, 0.3) is 11.0 Å². The lowest BCUT2D eigenvalue weighted by molar-refractivity contribution is 0.0215. The number of anilines is 2. The molecule has 0 aliphatic heterocycles. The zero-order chi connectivity index (χ0) is 17.3. The van der Waals surface area contributed by atoms with E-state index in [0.717, 1.165) is 18.3 Å². The highest BCUT2D eigenvalue weighted by molar-refractivity contribution is 7.16. The first-order valence-electron chi connectivity index (χ1n) is 6.94. The summed E-state index contributed by atoms with van der Waals surface area (Å²) in [6.45, 7) is 1.06. The minimum absolute atomic E-state index is 0.0263. The monoisotopic (exact) mass is 370 g/mol. The standard InChI is InChI=1S/C15H13ClF2N4OS/c1-15(17,18)9-4-6-12(24-9)22-14-8-3-5-10(16)19-13(8)20-11(21-14)7-23-2/h3-6H,7H2,1-2H3,(H,19,20,21,22). The molecule has 3 rings (SSSR count). The average molecular weight is 371 g/mol. The Morgan fingerprint density at radius 3 is 2.67 bits per heavy atom. The molecule has 3 aromatic heterocycles. The number of hydrogen-bond acceptors (Lipinski definition) is 6. The van der Waals surface area contributed by atoms with Crippen LogP contribution in [0.4, 0.5) is 19.6 Å². The molecule has 0 aromatic carbocycles. The molecule has 3 heterocycles. The number of alkyl halides is 2. The van der Waals surface area contributed by atoms with E-state index in [1.807, 2.05) is 0 Å². The predicted molar refractivity (Wildman–Crippen MR) is 90.2 cm³/mol. The van der Waals surface area contributed by atoms with E-state index in [-0.39, 0.29) is 11.5 Å². The Labute approximate surface area is 145 Å². The number of thiophene rings is 1. The van der Waals surface area contributed by atoms with Gasteiger partial charge in [0.25, 0.3) is 5.92 Å². The summed E-state index contributed by atoms with van der Waals surface area (Å²) >= 11 is 6.88. The molecule has 0 radical (unpaired) electrons. The van der Waals surface area contributed by atoms with Crippen molar-refractivity contribution in [3.8, 4) is 0 Å². The van der Waals surface area contributed by atoms with E-state index in [4.69, 9.17) is 16.3 Å². The van der Waals surface area contributed by atoms with Gasteiger partial charge in [0.2, 0.25) is 0 Å². The SMILES string of the molecule is COCc1nc(Nc2ccc(C(C)(F)F)s2)c2ccc(Cl)nc2n1.